The number of morpholine rings is 1. The number of rotatable bonds is 4. The number of nitrogens with zero attached hydrogens (tertiary/aromatic N) is 3. The normalized spacial score (nSPS) is 15.1. The van der Waals surface area contributed by atoms with Gasteiger partial charge in [0.15, 0.2) is 11.6 Å². The van der Waals surface area contributed by atoms with E-state index in [2.05, 4.69) is 30.6 Å². The van der Waals surface area contributed by atoms with Crippen LogP contribution in [-0.2, 0) is 14.8 Å². The molecule has 0 aliphatic carbocycles. The Balaban J connectivity index is 1.77. The lowest BCUT2D eigenvalue weighted by Crippen LogP contribution is -2.37. The monoisotopic (exact) mass is 448 g/mol. The summed E-state index contributed by atoms with van der Waals surface area (Å²) < 4.78 is 34.5. The first-order chi connectivity index (χ1) is 13.0. The third-order valence-electron chi connectivity index (χ3n) is 4.22. The maximum absolute atomic E-state index is 12.8. The molecule has 4 rings (SSSR count). The van der Waals surface area contributed by atoms with Crippen LogP contribution in [0.15, 0.2) is 57.9 Å². The first-order valence-corrected chi connectivity index (χ1v) is 10.7. The van der Waals surface area contributed by atoms with Gasteiger partial charge in [0.2, 0.25) is 0 Å². The zero-order valence-electron chi connectivity index (χ0n) is 14.3. The molecule has 2 heterocycles. The van der Waals surface area contributed by atoms with Crippen LogP contribution in [0.1, 0.15) is 0 Å². The van der Waals surface area contributed by atoms with E-state index in [0.717, 1.165) is 4.47 Å². The minimum absolute atomic E-state index is 0.161. The van der Waals surface area contributed by atoms with Gasteiger partial charge < -0.3 is 9.64 Å². The van der Waals surface area contributed by atoms with Crippen LogP contribution in [0, 0.1) is 0 Å². The topological polar surface area (TPSA) is 84.4 Å². The van der Waals surface area contributed by atoms with E-state index in [1.54, 1.807) is 12.1 Å². The largest absolute Gasteiger partial charge is 0.378 e. The third-order valence-corrected chi connectivity index (χ3v) is 6.10. The van der Waals surface area contributed by atoms with E-state index in [1.807, 2.05) is 29.2 Å². The number of para-hydroxylation sites is 2. The molecule has 1 N–H and O–H groups in total. The summed E-state index contributed by atoms with van der Waals surface area (Å²) in [5.74, 6) is 0.733. The first kappa shape index (κ1) is 18.1. The predicted octanol–water partition coefficient (Wildman–Crippen LogP) is 3.03. The van der Waals surface area contributed by atoms with Crippen molar-refractivity contribution < 1.29 is 13.2 Å². The van der Waals surface area contributed by atoms with Crippen molar-refractivity contribution in [2.75, 3.05) is 35.9 Å². The number of fused-ring (bicyclic) bond motifs is 1. The van der Waals surface area contributed by atoms with E-state index in [1.165, 1.54) is 12.1 Å². The van der Waals surface area contributed by atoms with Gasteiger partial charge in [-0.2, -0.15) is 0 Å². The molecule has 0 atom stereocenters. The summed E-state index contributed by atoms with van der Waals surface area (Å²) in [6.07, 6.45) is 0. The zero-order chi connectivity index (χ0) is 18.9. The summed E-state index contributed by atoms with van der Waals surface area (Å²) in [4.78, 5) is 11.3. The van der Waals surface area contributed by atoms with Crippen molar-refractivity contribution in [1.29, 1.82) is 0 Å². The van der Waals surface area contributed by atoms with Gasteiger partial charge in [0.25, 0.3) is 10.0 Å². The molecule has 1 aromatic heterocycles. The van der Waals surface area contributed by atoms with E-state index in [0.29, 0.717) is 43.2 Å². The number of ether oxygens (including phenoxy) is 1. The summed E-state index contributed by atoms with van der Waals surface area (Å²) in [6.45, 7) is 2.38. The van der Waals surface area contributed by atoms with Gasteiger partial charge in [-0.1, -0.05) is 28.1 Å². The maximum Gasteiger partial charge on any atom is 0.263 e. The second-order valence-corrected chi connectivity index (χ2v) is 8.64. The van der Waals surface area contributed by atoms with Crippen molar-refractivity contribution >= 4 is 48.6 Å². The molecule has 0 spiro atoms. The number of anilines is 2. The van der Waals surface area contributed by atoms with Gasteiger partial charge in [0, 0.05) is 17.6 Å². The number of hydrogen-bond donors (Lipinski definition) is 1. The Morgan fingerprint density at radius 3 is 2.26 bits per heavy atom. The Labute approximate surface area is 165 Å². The van der Waals surface area contributed by atoms with Crippen LogP contribution in [0.2, 0.25) is 0 Å². The fourth-order valence-electron chi connectivity index (χ4n) is 2.85. The Hall–Kier alpha value is -2.23. The molecule has 1 aliphatic heterocycles. The van der Waals surface area contributed by atoms with Crippen molar-refractivity contribution in [2.24, 2.45) is 0 Å². The van der Waals surface area contributed by atoms with E-state index in [9.17, 15) is 8.42 Å². The highest BCUT2D eigenvalue weighted by atomic mass is 79.9. The Bertz CT molecular complexity index is 1070. The number of sulfonamides is 1. The van der Waals surface area contributed by atoms with E-state index >= 15 is 0 Å². The highest BCUT2D eigenvalue weighted by Crippen LogP contribution is 2.28. The fraction of sp³-hybridized carbons (Fsp3) is 0.222. The summed E-state index contributed by atoms with van der Waals surface area (Å²) in [6, 6.07) is 13.8. The maximum atomic E-state index is 12.8. The predicted molar refractivity (Wildman–Crippen MR) is 108 cm³/mol. The lowest BCUT2D eigenvalue weighted by molar-refractivity contribution is 0.122. The number of nitrogens with one attached hydrogen (secondary N) is 1. The fourth-order valence-corrected chi connectivity index (χ4v) is 4.12. The van der Waals surface area contributed by atoms with Crippen LogP contribution < -0.4 is 9.62 Å². The van der Waals surface area contributed by atoms with Gasteiger partial charge in [0.1, 0.15) is 0 Å². The molecule has 0 saturated carbocycles. The Morgan fingerprint density at radius 1 is 0.963 bits per heavy atom. The molecule has 0 radical (unpaired) electrons. The number of benzene rings is 2. The van der Waals surface area contributed by atoms with Gasteiger partial charge in [-0.3, -0.25) is 4.72 Å². The molecule has 1 saturated heterocycles. The molecule has 3 aromatic rings. The summed E-state index contributed by atoms with van der Waals surface area (Å²) in [7, 11) is -3.79. The van der Waals surface area contributed by atoms with Crippen molar-refractivity contribution in [2.45, 2.75) is 4.90 Å². The van der Waals surface area contributed by atoms with Gasteiger partial charge in [0.05, 0.1) is 29.1 Å². The SMILES string of the molecule is O=S(=O)(Nc1nc2ccccc2nc1N1CCOCC1)c1ccc(Br)cc1. The molecule has 0 unspecified atom stereocenters. The smallest absolute Gasteiger partial charge is 0.263 e. The summed E-state index contributed by atoms with van der Waals surface area (Å²) >= 11 is 3.31. The lowest BCUT2D eigenvalue weighted by Gasteiger charge is -2.29. The molecule has 1 aliphatic rings. The molecule has 7 nitrogen and oxygen atoms in total. The van der Waals surface area contributed by atoms with Gasteiger partial charge in [-0.05, 0) is 36.4 Å². The van der Waals surface area contributed by atoms with E-state index < -0.39 is 10.0 Å². The van der Waals surface area contributed by atoms with Crippen molar-refractivity contribution in [3.63, 3.8) is 0 Å². The molecule has 9 heteroatoms. The molecule has 1 fully saturated rings. The van der Waals surface area contributed by atoms with Crippen molar-refractivity contribution in [1.82, 2.24) is 9.97 Å². The summed E-state index contributed by atoms with van der Waals surface area (Å²) in [5.41, 5.74) is 1.34. The minimum Gasteiger partial charge on any atom is -0.378 e. The van der Waals surface area contributed by atoms with Gasteiger partial charge in [-0.25, -0.2) is 18.4 Å². The van der Waals surface area contributed by atoms with Crippen LogP contribution in [0.3, 0.4) is 0 Å². The standard InChI is InChI=1S/C18H17BrN4O3S/c19-13-5-7-14(8-6-13)27(24,25)22-17-18(23-9-11-26-12-10-23)21-16-4-2-1-3-15(16)20-17/h1-8H,9-12H2,(H,20,22). The summed E-state index contributed by atoms with van der Waals surface area (Å²) in [5, 5.41) is 0. The molecule has 140 valence electrons. The molecular weight excluding hydrogens is 432 g/mol. The van der Waals surface area contributed by atoms with Crippen LogP contribution >= 0.6 is 15.9 Å². The number of aromatic nitrogens is 2. The Morgan fingerprint density at radius 2 is 1.59 bits per heavy atom. The van der Waals surface area contributed by atoms with Gasteiger partial charge in [-0.15, -0.1) is 0 Å². The molecule has 2 aromatic carbocycles. The average Bonchev–Trinajstić information content (AvgIpc) is 2.68. The number of hydrogen-bond acceptors (Lipinski definition) is 6. The third kappa shape index (κ3) is 3.90. The molecule has 0 bridgehead atoms. The highest BCUT2D eigenvalue weighted by Gasteiger charge is 2.23. The average molecular weight is 449 g/mol. The molecule has 27 heavy (non-hydrogen) atoms. The van der Waals surface area contributed by atoms with Crippen LogP contribution in [-0.4, -0.2) is 44.7 Å². The minimum atomic E-state index is -3.79. The van der Waals surface area contributed by atoms with E-state index in [-0.39, 0.29) is 10.7 Å². The first-order valence-electron chi connectivity index (χ1n) is 8.41. The molecular formula is C18H17BrN4O3S. The van der Waals surface area contributed by atoms with Gasteiger partial charge >= 0.3 is 0 Å². The second-order valence-electron chi connectivity index (χ2n) is 6.04. The van der Waals surface area contributed by atoms with Crippen molar-refractivity contribution in [3.05, 3.63) is 53.0 Å². The highest BCUT2D eigenvalue weighted by molar-refractivity contribution is 9.10. The van der Waals surface area contributed by atoms with Crippen LogP contribution in [0.4, 0.5) is 11.6 Å². The number of halogens is 1. The second kappa shape index (κ2) is 7.41. The quantitative estimate of drug-likeness (QED) is 0.660. The lowest BCUT2D eigenvalue weighted by atomic mass is 10.3. The Kier molecular flexibility index (Phi) is 4.98. The molecule has 0 amide bonds. The van der Waals surface area contributed by atoms with Crippen LogP contribution in [0.25, 0.3) is 11.0 Å². The zero-order valence-corrected chi connectivity index (χ0v) is 16.7. The van der Waals surface area contributed by atoms with Crippen LogP contribution in [0.5, 0.6) is 0 Å². The van der Waals surface area contributed by atoms with E-state index in [4.69, 9.17) is 4.74 Å². The van der Waals surface area contributed by atoms with Crippen molar-refractivity contribution in [3.8, 4) is 0 Å².